The summed E-state index contributed by atoms with van der Waals surface area (Å²) >= 11 is -2.23. The van der Waals surface area contributed by atoms with Gasteiger partial charge >= 0.3 is 0 Å². The normalized spacial score (nSPS) is 12.3. The minimum Gasteiger partial charge on any atom is -0.507 e. The Morgan fingerprint density at radius 2 is 1.53 bits per heavy atom. The van der Waals surface area contributed by atoms with Gasteiger partial charge in [0, 0.05) is 11.1 Å². The van der Waals surface area contributed by atoms with Crippen LogP contribution in [-0.4, -0.2) is 19.0 Å². The minimum absolute atomic E-state index is 0.0549. The minimum atomic E-state index is -2.23. The number of para-hydroxylation sites is 1. The third-order valence-corrected chi connectivity index (χ3v) is 3.08. The molecule has 2 rings (SSSR count). The molecule has 2 aromatic carbocycles. The van der Waals surface area contributed by atoms with Gasteiger partial charge in [-0.05, 0) is 18.2 Å². The molecular formula is C12H10O4S. The van der Waals surface area contributed by atoms with Crippen molar-refractivity contribution in [2.24, 2.45) is 0 Å². The highest BCUT2D eigenvalue weighted by atomic mass is 32.2. The van der Waals surface area contributed by atoms with Crippen molar-refractivity contribution in [3.05, 3.63) is 42.5 Å². The molecule has 0 radical (unpaired) electrons. The van der Waals surface area contributed by atoms with Crippen molar-refractivity contribution in [2.75, 3.05) is 0 Å². The largest absolute Gasteiger partial charge is 0.507 e. The fraction of sp³-hybridized carbons (Fsp3) is 0. The Morgan fingerprint density at radius 3 is 2.18 bits per heavy atom. The lowest BCUT2D eigenvalue weighted by Crippen LogP contribution is -1.93. The molecule has 0 bridgehead atoms. The molecule has 0 heterocycles. The maximum absolute atomic E-state index is 11.2. The molecule has 1 atom stereocenters. The molecule has 0 saturated heterocycles. The molecule has 0 spiro atoms. The lowest BCUT2D eigenvalue weighted by molar-refractivity contribution is 0.467. The summed E-state index contributed by atoms with van der Waals surface area (Å²) in [4.78, 5) is 0.0616. The molecule has 17 heavy (non-hydrogen) atoms. The zero-order valence-corrected chi connectivity index (χ0v) is 9.52. The SMILES string of the molecule is O=S(O)c1cccc(O)c1-c1ccccc1O. The summed E-state index contributed by atoms with van der Waals surface area (Å²) in [5.74, 6) is -0.202. The molecule has 2 aromatic rings. The lowest BCUT2D eigenvalue weighted by atomic mass is 10.0. The molecule has 0 aliphatic carbocycles. The van der Waals surface area contributed by atoms with Gasteiger partial charge < -0.3 is 14.8 Å². The fourth-order valence-electron chi connectivity index (χ4n) is 1.62. The van der Waals surface area contributed by atoms with Gasteiger partial charge in [0.05, 0.1) is 4.90 Å². The van der Waals surface area contributed by atoms with E-state index < -0.39 is 11.1 Å². The second-order valence-corrected chi connectivity index (χ2v) is 4.35. The summed E-state index contributed by atoms with van der Waals surface area (Å²) < 4.78 is 20.3. The third-order valence-electron chi connectivity index (χ3n) is 2.37. The molecule has 0 aliphatic rings. The van der Waals surface area contributed by atoms with E-state index in [1.165, 1.54) is 24.3 Å². The van der Waals surface area contributed by atoms with E-state index in [0.717, 1.165) is 0 Å². The smallest absolute Gasteiger partial charge is 0.187 e. The summed E-state index contributed by atoms with van der Waals surface area (Å²) in [5, 5.41) is 19.5. The van der Waals surface area contributed by atoms with Gasteiger partial charge in [0.2, 0.25) is 0 Å². The van der Waals surface area contributed by atoms with Crippen LogP contribution in [0.1, 0.15) is 0 Å². The highest BCUT2D eigenvalue weighted by Gasteiger charge is 2.16. The van der Waals surface area contributed by atoms with Crippen LogP contribution in [0.2, 0.25) is 0 Å². The van der Waals surface area contributed by atoms with Crippen molar-refractivity contribution in [3.63, 3.8) is 0 Å². The van der Waals surface area contributed by atoms with Crippen LogP contribution in [0.25, 0.3) is 11.1 Å². The number of phenols is 2. The lowest BCUT2D eigenvalue weighted by Gasteiger charge is -2.10. The zero-order valence-electron chi connectivity index (χ0n) is 8.70. The van der Waals surface area contributed by atoms with E-state index in [1.807, 2.05) is 0 Å². The molecule has 3 N–H and O–H groups in total. The molecule has 0 fully saturated rings. The van der Waals surface area contributed by atoms with Crippen molar-refractivity contribution in [1.82, 2.24) is 0 Å². The summed E-state index contributed by atoms with van der Waals surface area (Å²) in [6, 6.07) is 10.6. The molecule has 4 nitrogen and oxygen atoms in total. The van der Waals surface area contributed by atoms with Crippen molar-refractivity contribution in [2.45, 2.75) is 4.90 Å². The molecule has 88 valence electrons. The van der Waals surface area contributed by atoms with Crippen LogP contribution < -0.4 is 0 Å². The topological polar surface area (TPSA) is 77.8 Å². The third kappa shape index (κ3) is 2.15. The first-order valence-corrected chi connectivity index (χ1v) is 5.93. The van der Waals surface area contributed by atoms with Gasteiger partial charge in [-0.1, -0.05) is 24.3 Å². The Morgan fingerprint density at radius 1 is 0.882 bits per heavy atom. The van der Waals surface area contributed by atoms with E-state index in [0.29, 0.717) is 5.56 Å². The maximum atomic E-state index is 11.2. The molecule has 0 amide bonds. The fourth-order valence-corrected chi connectivity index (χ4v) is 2.20. The average Bonchev–Trinajstić information content (AvgIpc) is 2.30. The Balaban J connectivity index is 2.75. The number of aromatic hydroxyl groups is 2. The van der Waals surface area contributed by atoms with Crippen molar-refractivity contribution >= 4 is 11.1 Å². The second-order valence-electron chi connectivity index (χ2n) is 3.42. The van der Waals surface area contributed by atoms with E-state index in [9.17, 15) is 14.4 Å². The Bertz CT molecular complexity index is 580. The van der Waals surface area contributed by atoms with Gasteiger partial charge in [0.25, 0.3) is 0 Å². The maximum Gasteiger partial charge on any atom is 0.187 e. The monoisotopic (exact) mass is 250 g/mol. The highest BCUT2D eigenvalue weighted by Crippen LogP contribution is 2.38. The van der Waals surface area contributed by atoms with Crippen LogP contribution in [0.4, 0.5) is 0 Å². The standard InChI is InChI=1S/C12H10O4S/c13-9-5-2-1-4-8(9)12-10(14)6-3-7-11(12)17(15)16/h1-7,13-14H,(H,15,16). The first kappa shape index (κ1) is 11.6. The molecule has 0 aliphatic heterocycles. The summed E-state index contributed by atoms with van der Waals surface area (Å²) in [5.41, 5.74) is 0.495. The number of hydrogen-bond donors (Lipinski definition) is 3. The summed E-state index contributed by atoms with van der Waals surface area (Å²) in [6.07, 6.45) is 0. The zero-order chi connectivity index (χ0) is 12.4. The van der Waals surface area contributed by atoms with Gasteiger partial charge in [-0.3, -0.25) is 0 Å². The van der Waals surface area contributed by atoms with Crippen LogP contribution in [0.15, 0.2) is 47.4 Å². The molecule has 1 unspecified atom stereocenters. The van der Waals surface area contributed by atoms with E-state index in [4.69, 9.17) is 4.55 Å². The summed E-state index contributed by atoms with van der Waals surface area (Å²) in [6.45, 7) is 0. The average molecular weight is 250 g/mol. The second kappa shape index (κ2) is 4.57. The van der Waals surface area contributed by atoms with Crippen LogP contribution in [-0.2, 0) is 11.1 Å². The molecule has 0 aromatic heterocycles. The molecular weight excluding hydrogens is 240 g/mol. The van der Waals surface area contributed by atoms with E-state index >= 15 is 0 Å². The number of phenolic OH excluding ortho intramolecular Hbond substituents is 2. The van der Waals surface area contributed by atoms with Crippen LogP contribution in [0.5, 0.6) is 11.5 Å². The first-order valence-electron chi connectivity index (χ1n) is 4.82. The first-order chi connectivity index (χ1) is 8.11. The van der Waals surface area contributed by atoms with E-state index in [2.05, 4.69) is 0 Å². The Kier molecular flexibility index (Phi) is 3.12. The Labute approximate surface area is 100 Å². The number of benzene rings is 2. The quantitative estimate of drug-likeness (QED) is 0.715. The van der Waals surface area contributed by atoms with Crippen molar-refractivity contribution in [1.29, 1.82) is 0 Å². The van der Waals surface area contributed by atoms with E-state index in [1.54, 1.807) is 18.2 Å². The predicted octanol–water partition coefficient (Wildman–Crippen LogP) is 2.35. The van der Waals surface area contributed by atoms with Crippen LogP contribution in [0.3, 0.4) is 0 Å². The highest BCUT2D eigenvalue weighted by molar-refractivity contribution is 7.79. The predicted molar refractivity (Wildman–Crippen MR) is 64.2 cm³/mol. The van der Waals surface area contributed by atoms with Crippen LogP contribution >= 0.6 is 0 Å². The van der Waals surface area contributed by atoms with Gasteiger partial charge in [0.1, 0.15) is 11.5 Å². The Hall–Kier alpha value is -1.85. The van der Waals surface area contributed by atoms with Gasteiger partial charge in [0.15, 0.2) is 11.1 Å². The van der Waals surface area contributed by atoms with Crippen molar-refractivity contribution in [3.8, 4) is 22.6 Å². The molecule has 5 heteroatoms. The number of hydrogen-bond acceptors (Lipinski definition) is 3. The molecule has 0 saturated carbocycles. The number of rotatable bonds is 2. The van der Waals surface area contributed by atoms with E-state index in [-0.39, 0.29) is 22.0 Å². The van der Waals surface area contributed by atoms with Crippen molar-refractivity contribution < 1.29 is 19.0 Å². The van der Waals surface area contributed by atoms with Gasteiger partial charge in [-0.25, -0.2) is 4.21 Å². The van der Waals surface area contributed by atoms with Crippen LogP contribution in [0, 0.1) is 0 Å². The van der Waals surface area contributed by atoms with Gasteiger partial charge in [-0.2, -0.15) is 0 Å². The summed E-state index contributed by atoms with van der Waals surface area (Å²) in [7, 11) is 0. The van der Waals surface area contributed by atoms with Gasteiger partial charge in [-0.15, -0.1) is 0 Å².